The lowest BCUT2D eigenvalue weighted by atomic mass is 9.97. The molecule has 4 aromatic carbocycles. The highest BCUT2D eigenvalue weighted by molar-refractivity contribution is 7.71. The third-order valence-electron chi connectivity index (χ3n) is 4.88. The van der Waals surface area contributed by atoms with Crippen molar-refractivity contribution in [2.24, 2.45) is 5.10 Å². The molecule has 0 saturated heterocycles. The number of nitrogens with one attached hydrogen (secondary N) is 1. The predicted octanol–water partition coefficient (Wildman–Crippen LogP) is 6.45. The first kappa shape index (κ1) is 17.8. The van der Waals surface area contributed by atoms with E-state index in [1.165, 1.54) is 0 Å². The fourth-order valence-electron chi connectivity index (χ4n) is 3.52. The van der Waals surface area contributed by atoms with Gasteiger partial charge in [0.2, 0.25) is 4.77 Å². The van der Waals surface area contributed by atoms with E-state index in [2.05, 4.69) is 45.6 Å². The van der Waals surface area contributed by atoms with Gasteiger partial charge >= 0.3 is 0 Å². The number of aromatic nitrogens is 3. The number of rotatable bonds is 3. The van der Waals surface area contributed by atoms with Crippen LogP contribution >= 0.6 is 23.8 Å². The average Bonchev–Trinajstić information content (AvgIpc) is 3.11. The molecule has 1 aromatic heterocycles. The number of nitrogens with zero attached hydrogens (tertiary/aromatic N) is 3. The molecule has 0 radical (unpaired) electrons. The summed E-state index contributed by atoms with van der Waals surface area (Å²) in [5.74, 6) is 0.571. The molecule has 0 amide bonds. The summed E-state index contributed by atoms with van der Waals surface area (Å²) >= 11 is 11.8. The molecular formula is C23H15ClN4S. The van der Waals surface area contributed by atoms with Crippen LogP contribution in [0.15, 0.2) is 84.0 Å². The summed E-state index contributed by atoms with van der Waals surface area (Å²) in [4.78, 5) is 0. The van der Waals surface area contributed by atoms with Crippen LogP contribution < -0.4 is 0 Å². The van der Waals surface area contributed by atoms with Crippen molar-refractivity contribution < 1.29 is 0 Å². The molecule has 0 fully saturated rings. The van der Waals surface area contributed by atoms with Crippen LogP contribution in [0.4, 0.5) is 0 Å². The predicted molar refractivity (Wildman–Crippen MR) is 122 cm³/mol. The molecule has 6 heteroatoms. The van der Waals surface area contributed by atoms with Crippen molar-refractivity contribution in [3.8, 4) is 11.4 Å². The SMILES string of the molecule is S=c1[nH]nc(-c2ccccc2Cl)n1N=Cc1c2ccccc2cc2ccccc12. The van der Waals surface area contributed by atoms with Crippen LogP contribution in [-0.4, -0.2) is 21.1 Å². The first-order valence-electron chi connectivity index (χ1n) is 9.09. The Labute approximate surface area is 177 Å². The topological polar surface area (TPSA) is 46.0 Å². The Bertz CT molecular complexity index is 1390. The molecule has 5 aromatic rings. The Morgan fingerprint density at radius 1 is 0.897 bits per heavy atom. The van der Waals surface area contributed by atoms with Crippen LogP contribution in [0.1, 0.15) is 5.56 Å². The van der Waals surface area contributed by atoms with Crippen molar-refractivity contribution in [2.75, 3.05) is 0 Å². The van der Waals surface area contributed by atoms with E-state index in [0.29, 0.717) is 15.6 Å². The normalized spacial score (nSPS) is 11.6. The van der Waals surface area contributed by atoms with Gasteiger partial charge in [-0.2, -0.15) is 14.9 Å². The van der Waals surface area contributed by atoms with Crippen molar-refractivity contribution in [1.82, 2.24) is 14.9 Å². The third kappa shape index (κ3) is 3.14. The van der Waals surface area contributed by atoms with Crippen molar-refractivity contribution >= 4 is 51.6 Å². The van der Waals surface area contributed by atoms with Gasteiger partial charge in [0.05, 0.1) is 11.2 Å². The lowest BCUT2D eigenvalue weighted by molar-refractivity contribution is 0.872. The number of benzene rings is 4. The summed E-state index contributed by atoms with van der Waals surface area (Å²) in [7, 11) is 0. The van der Waals surface area contributed by atoms with E-state index < -0.39 is 0 Å². The molecule has 0 saturated carbocycles. The van der Waals surface area contributed by atoms with Crippen LogP contribution in [0, 0.1) is 4.77 Å². The summed E-state index contributed by atoms with van der Waals surface area (Å²) in [6.45, 7) is 0. The average molecular weight is 415 g/mol. The largest absolute Gasteiger partial charge is 0.250 e. The second-order valence-corrected chi connectivity index (χ2v) is 7.41. The zero-order chi connectivity index (χ0) is 19.8. The number of halogens is 1. The fourth-order valence-corrected chi connectivity index (χ4v) is 3.92. The minimum absolute atomic E-state index is 0.403. The zero-order valence-corrected chi connectivity index (χ0v) is 16.8. The van der Waals surface area contributed by atoms with Crippen molar-refractivity contribution in [2.45, 2.75) is 0 Å². The Balaban J connectivity index is 1.73. The molecule has 5 rings (SSSR count). The number of hydrogen-bond donors (Lipinski definition) is 1. The maximum atomic E-state index is 6.36. The standard InChI is InChI=1S/C23H15ClN4S/c24-21-12-6-5-11-19(21)22-26-27-23(29)28(22)25-14-20-17-9-3-1-7-15(17)13-16-8-2-4-10-18(16)20/h1-14H,(H,27,29). The summed E-state index contributed by atoms with van der Waals surface area (Å²) in [6, 6.07) is 26.3. The molecule has 0 aliphatic rings. The zero-order valence-electron chi connectivity index (χ0n) is 15.2. The maximum absolute atomic E-state index is 6.36. The minimum atomic E-state index is 0.403. The Kier molecular flexibility index (Phi) is 4.46. The van der Waals surface area contributed by atoms with Crippen LogP contribution in [0.2, 0.25) is 5.02 Å². The Hall–Kier alpha value is -3.28. The molecule has 0 aliphatic carbocycles. The second kappa shape index (κ2) is 7.28. The van der Waals surface area contributed by atoms with E-state index in [-0.39, 0.29) is 0 Å². The summed E-state index contributed by atoms with van der Waals surface area (Å²) in [5, 5.41) is 17.0. The maximum Gasteiger partial charge on any atom is 0.216 e. The lowest BCUT2D eigenvalue weighted by Crippen LogP contribution is -1.96. The molecule has 0 aliphatic heterocycles. The third-order valence-corrected chi connectivity index (χ3v) is 5.47. The van der Waals surface area contributed by atoms with Crippen LogP contribution in [0.25, 0.3) is 32.9 Å². The molecule has 4 nitrogen and oxygen atoms in total. The summed E-state index contributed by atoms with van der Waals surface area (Å²) < 4.78 is 2.01. The summed E-state index contributed by atoms with van der Waals surface area (Å²) in [6.07, 6.45) is 1.84. The first-order chi connectivity index (χ1) is 14.2. The molecule has 0 atom stereocenters. The van der Waals surface area contributed by atoms with Crippen LogP contribution in [0.5, 0.6) is 0 Å². The van der Waals surface area contributed by atoms with Gasteiger partial charge in [-0.15, -0.1) is 0 Å². The molecule has 140 valence electrons. The molecule has 0 bridgehead atoms. The van der Waals surface area contributed by atoms with Gasteiger partial charge in [-0.1, -0.05) is 72.3 Å². The van der Waals surface area contributed by atoms with E-state index in [0.717, 1.165) is 32.7 Å². The highest BCUT2D eigenvalue weighted by atomic mass is 35.5. The highest BCUT2D eigenvalue weighted by Crippen LogP contribution is 2.28. The van der Waals surface area contributed by atoms with Crippen LogP contribution in [-0.2, 0) is 0 Å². The Morgan fingerprint density at radius 2 is 1.52 bits per heavy atom. The van der Waals surface area contributed by atoms with Crippen LogP contribution in [0.3, 0.4) is 0 Å². The van der Waals surface area contributed by atoms with E-state index in [1.54, 1.807) is 4.68 Å². The second-order valence-electron chi connectivity index (χ2n) is 6.62. The van der Waals surface area contributed by atoms with Crippen molar-refractivity contribution in [1.29, 1.82) is 0 Å². The lowest BCUT2D eigenvalue weighted by Gasteiger charge is -2.08. The van der Waals surface area contributed by atoms with Gasteiger partial charge in [-0.3, -0.25) is 0 Å². The molecule has 0 unspecified atom stereocenters. The van der Waals surface area contributed by atoms with E-state index in [4.69, 9.17) is 23.8 Å². The van der Waals surface area contributed by atoms with Crippen molar-refractivity contribution in [3.63, 3.8) is 0 Å². The Morgan fingerprint density at radius 3 is 2.21 bits per heavy atom. The smallest absolute Gasteiger partial charge is 0.216 e. The monoisotopic (exact) mass is 414 g/mol. The number of aromatic amines is 1. The van der Waals surface area contributed by atoms with E-state index in [1.807, 2.05) is 54.7 Å². The highest BCUT2D eigenvalue weighted by Gasteiger charge is 2.12. The first-order valence-corrected chi connectivity index (χ1v) is 9.88. The molecule has 1 N–H and O–H groups in total. The quantitative estimate of drug-likeness (QED) is 0.209. The molecule has 0 spiro atoms. The number of hydrogen-bond acceptors (Lipinski definition) is 3. The van der Waals surface area contributed by atoms with Gasteiger partial charge in [0.1, 0.15) is 0 Å². The van der Waals surface area contributed by atoms with Gasteiger partial charge in [0.15, 0.2) is 5.82 Å². The number of H-pyrrole nitrogens is 1. The molecule has 29 heavy (non-hydrogen) atoms. The summed E-state index contributed by atoms with van der Waals surface area (Å²) in [5.41, 5.74) is 1.80. The van der Waals surface area contributed by atoms with Gasteiger partial charge in [0.25, 0.3) is 0 Å². The van der Waals surface area contributed by atoms with E-state index in [9.17, 15) is 0 Å². The number of fused-ring (bicyclic) bond motifs is 2. The molecular weight excluding hydrogens is 400 g/mol. The van der Waals surface area contributed by atoms with Gasteiger partial charge in [-0.25, -0.2) is 5.10 Å². The molecule has 1 heterocycles. The van der Waals surface area contributed by atoms with Gasteiger partial charge in [-0.05, 0) is 52.0 Å². The van der Waals surface area contributed by atoms with Crippen molar-refractivity contribution in [3.05, 3.63) is 94.2 Å². The fraction of sp³-hybridized carbons (Fsp3) is 0. The minimum Gasteiger partial charge on any atom is -0.250 e. The van der Waals surface area contributed by atoms with Gasteiger partial charge < -0.3 is 0 Å². The van der Waals surface area contributed by atoms with Gasteiger partial charge in [0, 0.05) is 11.1 Å². The van der Waals surface area contributed by atoms with E-state index >= 15 is 0 Å².